The van der Waals surface area contributed by atoms with E-state index >= 15 is 0 Å². The molecule has 1 aromatic heterocycles. The van der Waals surface area contributed by atoms with Gasteiger partial charge in [-0.15, -0.1) is 0 Å². The molecule has 2 heterocycles. The summed E-state index contributed by atoms with van der Waals surface area (Å²) in [6, 6.07) is 0. The minimum atomic E-state index is -0.864. The standard InChI is InChI=1S/C13H19N5O2/c1-4-5-8-10(14)15-7-16-11(8)18-6-9(19)17-12(20)13(18,2)3/h7H,4-6H2,1-3H3,(H2,14,15,16)(H,17,19,20). The van der Waals surface area contributed by atoms with Gasteiger partial charge in [0.1, 0.15) is 23.5 Å². The largest absolute Gasteiger partial charge is 0.383 e. The van der Waals surface area contributed by atoms with Gasteiger partial charge in [-0.05, 0) is 20.3 Å². The molecule has 1 aliphatic heterocycles. The number of amides is 2. The number of nitrogens with zero attached hydrogens (tertiary/aromatic N) is 3. The summed E-state index contributed by atoms with van der Waals surface area (Å²) in [5.74, 6) is 0.279. The molecule has 2 rings (SSSR count). The highest BCUT2D eigenvalue weighted by Gasteiger charge is 2.42. The van der Waals surface area contributed by atoms with Crippen LogP contribution in [0.1, 0.15) is 32.8 Å². The van der Waals surface area contributed by atoms with E-state index < -0.39 is 5.54 Å². The Labute approximate surface area is 117 Å². The van der Waals surface area contributed by atoms with E-state index in [0.29, 0.717) is 18.1 Å². The monoisotopic (exact) mass is 277 g/mol. The molecule has 1 fully saturated rings. The maximum absolute atomic E-state index is 12.0. The van der Waals surface area contributed by atoms with Crippen molar-refractivity contribution in [2.24, 2.45) is 0 Å². The van der Waals surface area contributed by atoms with Crippen LogP contribution in [0.5, 0.6) is 0 Å². The van der Waals surface area contributed by atoms with Gasteiger partial charge in [-0.2, -0.15) is 0 Å². The van der Waals surface area contributed by atoms with Crippen molar-refractivity contribution in [1.29, 1.82) is 0 Å². The number of rotatable bonds is 3. The van der Waals surface area contributed by atoms with Crippen molar-refractivity contribution in [2.75, 3.05) is 17.2 Å². The molecule has 1 aromatic rings. The normalized spacial score (nSPS) is 18.1. The molecule has 1 saturated heterocycles. The van der Waals surface area contributed by atoms with Gasteiger partial charge < -0.3 is 10.6 Å². The van der Waals surface area contributed by atoms with E-state index in [1.54, 1.807) is 18.7 Å². The Morgan fingerprint density at radius 2 is 2.10 bits per heavy atom. The van der Waals surface area contributed by atoms with Crippen molar-refractivity contribution in [1.82, 2.24) is 15.3 Å². The molecule has 2 amide bonds. The lowest BCUT2D eigenvalue weighted by atomic mass is 9.97. The number of hydrogen-bond donors (Lipinski definition) is 2. The van der Waals surface area contributed by atoms with Gasteiger partial charge in [0.2, 0.25) is 5.91 Å². The third kappa shape index (κ3) is 2.31. The molecule has 0 aliphatic carbocycles. The van der Waals surface area contributed by atoms with E-state index in [1.165, 1.54) is 6.33 Å². The van der Waals surface area contributed by atoms with Gasteiger partial charge in [0.15, 0.2) is 0 Å². The van der Waals surface area contributed by atoms with Crippen LogP contribution in [-0.2, 0) is 16.0 Å². The van der Waals surface area contributed by atoms with E-state index in [0.717, 1.165) is 12.0 Å². The summed E-state index contributed by atoms with van der Waals surface area (Å²) in [6.45, 7) is 5.60. The molecule has 1 aliphatic rings. The first kappa shape index (κ1) is 14.2. The average molecular weight is 277 g/mol. The Kier molecular flexibility index (Phi) is 3.61. The zero-order chi connectivity index (χ0) is 14.9. The van der Waals surface area contributed by atoms with Crippen molar-refractivity contribution >= 4 is 23.5 Å². The second-order valence-corrected chi connectivity index (χ2v) is 5.33. The quantitative estimate of drug-likeness (QED) is 0.768. The Balaban J connectivity index is 2.51. The number of nitrogens with one attached hydrogen (secondary N) is 1. The number of imide groups is 1. The molecule has 0 atom stereocenters. The lowest BCUT2D eigenvalue weighted by Gasteiger charge is -2.41. The molecule has 0 bridgehead atoms. The summed E-state index contributed by atoms with van der Waals surface area (Å²) in [6.07, 6.45) is 2.93. The molecule has 0 aromatic carbocycles. The van der Waals surface area contributed by atoms with E-state index in [1.807, 2.05) is 6.92 Å². The van der Waals surface area contributed by atoms with Crippen molar-refractivity contribution in [2.45, 2.75) is 39.2 Å². The highest BCUT2D eigenvalue weighted by molar-refractivity contribution is 6.06. The first-order valence-electron chi connectivity index (χ1n) is 6.59. The van der Waals surface area contributed by atoms with Gasteiger partial charge in [0.05, 0.1) is 6.54 Å². The Hall–Kier alpha value is -2.18. The van der Waals surface area contributed by atoms with E-state index in [-0.39, 0.29) is 18.4 Å². The lowest BCUT2D eigenvalue weighted by molar-refractivity contribution is -0.135. The highest BCUT2D eigenvalue weighted by Crippen LogP contribution is 2.30. The summed E-state index contributed by atoms with van der Waals surface area (Å²) in [7, 11) is 0. The van der Waals surface area contributed by atoms with Gasteiger partial charge in [0, 0.05) is 5.56 Å². The zero-order valence-electron chi connectivity index (χ0n) is 11.9. The number of carbonyl (C=O) groups is 2. The summed E-state index contributed by atoms with van der Waals surface area (Å²) >= 11 is 0. The van der Waals surface area contributed by atoms with Crippen LogP contribution in [0.25, 0.3) is 0 Å². The van der Waals surface area contributed by atoms with Crippen LogP contribution in [0.15, 0.2) is 6.33 Å². The molecular formula is C13H19N5O2. The van der Waals surface area contributed by atoms with Crippen molar-refractivity contribution in [3.05, 3.63) is 11.9 Å². The smallest absolute Gasteiger partial charge is 0.251 e. The number of aromatic nitrogens is 2. The molecule has 7 nitrogen and oxygen atoms in total. The van der Waals surface area contributed by atoms with Gasteiger partial charge in [-0.25, -0.2) is 9.97 Å². The maximum Gasteiger partial charge on any atom is 0.251 e. The molecule has 0 saturated carbocycles. The zero-order valence-corrected chi connectivity index (χ0v) is 11.9. The number of nitrogens with two attached hydrogens (primary N) is 1. The molecule has 7 heteroatoms. The molecule has 3 N–H and O–H groups in total. The Bertz CT molecular complexity index is 556. The minimum Gasteiger partial charge on any atom is -0.383 e. The summed E-state index contributed by atoms with van der Waals surface area (Å²) in [5.41, 5.74) is 5.83. The third-order valence-electron chi connectivity index (χ3n) is 3.50. The number of hydrogen-bond acceptors (Lipinski definition) is 6. The van der Waals surface area contributed by atoms with Crippen LogP contribution >= 0.6 is 0 Å². The average Bonchev–Trinajstić information content (AvgIpc) is 2.37. The molecule has 108 valence electrons. The molecule has 20 heavy (non-hydrogen) atoms. The number of carbonyl (C=O) groups excluding carboxylic acids is 2. The van der Waals surface area contributed by atoms with Crippen molar-refractivity contribution in [3.63, 3.8) is 0 Å². The van der Waals surface area contributed by atoms with E-state index in [2.05, 4.69) is 15.3 Å². The summed E-state index contributed by atoms with van der Waals surface area (Å²) in [4.78, 5) is 33.6. The molecule has 0 unspecified atom stereocenters. The van der Waals surface area contributed by atoms with E-state index in [9.17, 15) is 9.59 Å². The Morgan fingerprint density at radius 3 is 2.75 bits per heavy atom. The van der Waals surface area contributed by atoms with E-state index in [4.69, 9.17) is 5.73 Å². The maximum atomic E-state index is 12.0. The minimum absolute atomic E-state index is 0.0753. The fourth-order valence-electron chi connectivity index (χ4n) is 2.26. The number of piperazine rings is 1. The van der Waals surface area contributed by atoms with Gasteiger partial charge >= 0.3 is 0 Å². The van der Waals surface area contributed by atoms with Crippen LogP contribution in [-0.4, -0.2) is 33.9 Å². The lowest BCUT2D eigenvalue weighted by Crippen LogP contribution is -2.64. The second-order valence-electron chi connectivity index (χ2n) is 5.33. The first-order valence-corrected chi connectivity index (χ1v) is 6.59. The van der Waals surface area contributed by atoms with Gasteiger partial charge in [-0.1, -0.05) is 13.3 Å². The third-order valence-corrected chi connectivity index (χ3v) is 3.50. The predicted octanol–water partition coefficient (Wildman–Crippen LogP) is 0.253. The van der Waals surface area contributed by atoms with Gasteiger partial charge in [-0.3, -0.25) is 14.9 Å². The first-order chi connectivity index (χ1) is 9.37. The van der Waals surface area contributed by atoms with Crippen molar-refractivity contribution < 1.29 is 9.59 Å². The van der Waals surface area contributed by atoms with Crippen LogP contribution in [0.4, 0.5) is 11.6 Å². The topological polar surface area (TPSA) is 101 Å². The SMILES string of the molecule is CCCc1c(N)ncnc1N1CC(=O)NC(=O)C1(C)C. The van der Waals surface area contributed by atoms with Crippen LogP contribution in [0.2, 0.25) is 0 Å². The predicted molar refractivity (Wildman–Crippen MR) is 75.0 cm³/mol. The van der Waals surface area contributed by atoms with Crippen LogP contribution in [0.3, 0.4) is 0 Å². The number of anilines is 2. The summed E-state index contributed by atoms with van der Waals surface area (Å²) in [5, 5.41) is 2.34. The highest BCUT2D eigenvalue weighted by atomic mass is 16.2. The van der Waals surface area contributed by atoms with Crippen molar-refractivity contribution in [3.8, 4) is 0 Å². The second kappa shape index (κ2) is 5.07. The molecular weight excluding hydrogens is 258 g/mol. The van der Waals surface area contributed by atoms with Gasteiger partial charge in [0.25, 0.3) is 5.91 Å². The fourth-order valence-corrected chi connectivity index (χ4v) is 2.26. The molecule has 0 radical (unpaired) electrons. The van der Waals surface area contributed by atoms with Crippen LogP contribution < -0.4 is 16.0 Å². The molecule has 0 spiro atoms. The summed E-state index contributed by atoms with van der Waals surface area (Å²) < 4.78 is 0. The Morgan fingerprint density at radius 1 is 1.40 bits per heavy atom. The van der Waals surface area contributed by atoms with Crippen LogP contribution in [0, 0.1) is 0 Å². The number of nitrogen functional groups attached to an aromatic ring is 1. The fraction of sp³-hybridized carbons (Fsp3) is 0.538.